The average molecular weight is 408 g/mol. The van der Waals surface area contributed by atoms with E-state index in [1.54, 1.807) is 29.1 Å². The van der Waals surface area contributed by atoms with Gasteiger partial charge in [-0.3, -0.25) is 4.68 Å². The Morgan fingerprint density at radius 2 is 1.90 bits per heavy atom. The van der Waals surface area contributed by atoms with E-state index in [-0.39, 0.29) is 5.82 Å². The molecule has 0 aliphatic rings. The number of rotatable bonds is 4. The SMILES string of the molecule is Cn1ccc(Cn2nc3c(N)nc(-c4ccccc4C#N)c(-c4ccncn4)c3n2)n1. The molecule has 1 aromatic carbocycles. The van der Waals surface area contributed by atoms with Crippen molar-refractivity contribution in [2.24, 2.45) is 7.05 Å². The number of hydrogen-bond donors (Lipinski definition) is 1. The fourth-order valence-electron chi connectivity index (χ4n) is 3.46. The molecule has 2 N–H and O–H groups in total. The van der Waals surface area contributed by atoms with Gasteiger partial charge in [0, 0.05) is 25.0 Å². The van der Waals surface area contributed by atoms with E-state index >= 15 is 0 Å². The van der Waals surface area contributed by atoms with Gasteiger partial charge in [0.15, 0.2) is 11.3 Å². The van der Waals surface area contributed by atoms with E-state index in [0.717, 1.165) is 5.69 Å². The third-order valence-corrected chi connectivity index (χ3v) is 4.82. The van der Waals surface area contributed by atoms with Crippen molar-refractivity contribution in [3.63, 3.8) is 0 Å². The minimum atomic E-state index is 0.225. The van der Waals surface area contributed by atoms with Gasteiger partial charge in [-0.25, -0.2) is 15.0 Å². The first-order chi connectivity index (χ1) is 15.1. The predicted octanol–water partition coefficient (Wildman–Crippen LogP) is 2.19. The van der Waals surface area contributed by atoms with Crippen LogP contribution in [0, 0.1) is 11.3 Å². The van der Waals surface area contributed by atoms with Crippen LogP contribution < -0.4 is 5.73 Å². The normalized spacial score (nSPS) is 11.0. The van der Waals surface area contributed by atoms with Gasteiger partial charge in [-0.05, 0) is 18.2 Å². The molecule has 0 fully saturated rings. The molecular weight excluding hydrogens is 392 g/mol. The molecule has 150 valence electrons. The maximum absolute atomic E-state index is 9.62. The molecule has 10 heteroatoms. The zero-order valence-corrected chi connectivity index (χ0v) is 16.5. The lowest BCUT2D eigenvalue weighted by molar-refractivity contribution is 0.582. The summed E-state index contributed by atoms with van der Waals surface area (Å²) in [4.78, 5) is 14.6. The summed E-state index contributed by atoms with van der Waals surface area (Å²) in [6.07, 6.45) is 4.95. The Balaban J connectivity index is 1.78. The highest BCUT2D eigenvalue weighted by atomic mass is 15.5. The van der Waals surface area contributed by atoms with Crippen LogP contribution >= 0.6 is 0 Å². The number of nitrogen functional groups attached to an aromatic ring is 1. The number of nitrogens with zero attached hydrogens (tertiary/aromatic N) is 9. The molecule has 0 spiro atoms. The highest BCUT2D eigenvalue weighted by Crippen LogP contribution is 2.37. The lowest BCUT2D eigenvalue weighted by atomic mass is 9.98. The number of benzene rings is 1. The lowest BCUT2D eigenvalue weighted by Gasteiger charge is -2.11. The van der Waals surface area contributed by atoms with Crippen LogP contribution in [-0.4, -0.2) is 39.7 Å². The molecule has 4 heterocycles. The van der Waals surface area contributed by atoms with Crippen molar-refractivity contribution >= 4 is 16.9 Å². The Morgan fingerprint density at radius 1 is 1.06 bits per heavy atom. The van der Waals surface area contributed by atoms with Crippen molar-refractivity contribution in [2.75, 3.05) is 5.73 Å². The largest absolute Gasteiger partial charge is 0.382 e. The molecule has 0 atom stereocenters. The van der Waals surface area contributed by atoms with E-state index in [9.17, 15) is 5.26 Å². The molecule has 0 unspecified atom stereocenters. The van der Waals surface area contributed by atoms with Gasteiger partial charge in [-0.2, -0.15) is 20.3 Å². The van der Waals surface area contributed by atoms with Crippen molar-refractivity contribution in [3.05, 3.63) is 66.4 Å². The van der Waals surface area contributed by atoms with Gasteiger partial charge >= 0.3 is 0 Å². The smallest absolute Gasteiger partial charge is 0.156 e. The van der Waals surface area contributed by atoms with E-state index in [1.165, 1.54) is 11.1 Å². The zero-order chi connectivity index (χ0) is 21.4. The first-order valence-corrected chi connectivity index (χ1v) is 9.43. The molecular formula is C21H16N10. The van der Waals surface area contributed by atoms with E-state index in [2.05, 4.69) is 36.3 Å². The van der Waals surface area contributed by atoms with Crippen molar-refractivity contribution < 1.29 is 0 Å². The molecule has 0 bridgehead atoms. The number of aromatic nitrogens is 8. The Bertz CT molecular complexity index is 1440. The van der Waals surface area contributed by atoms with Gasteiger partial charge in [-0.1, -0.05) is 18.2 Å². The number of pyridine rings is 1. The quantitative estimate of drug-likeness (QED) is 0.478. The fraction of sp³-hybridized carbons (Fsp3) is 0.0952. The highest BCUT2D eigenvalue weighted by Gasteiger charge is 2.22. The van der Waals surface area contributed by atoms with Gasteiger partial charge in [0.2, 0.25) is 0 Å². The standard InChI is InChI=1S/C21H16N10/c1-30-9-7-14(27-30)11-31-28-19-17(16-6-8-24-12-25-16)18(26-21(23)20(19)29-31)15-5-3-2-4-13(15)10-22/h2-9,12H,11H2,1H3,(H2,23,26). The second-order valence-corrected chi connectivity index (χ2v) is 6.88. The topological polar surface area (TPSA) is 137 Å². The van der Waals surface area contributed by atoms with Gasteiger partial charge in [0.1, 0.15) is 18.4 Å². The Morgan fingerprint density at radius 3 is 2.65 bits per heavy atom. The Labute approximate surface area is 176 Å². The third kappa shape index (κ3) is 3.24. The summed E-state index contributed by atoms with van der Waals surface area (Å²) >= 11 is 0. The molecule has 0 amide bonds. The van der Waals surface area contributed by atoms with Crippen molar-refractivity contribution in [1.29, 1.82) is 5.26 Å². The molecule has 0 saturated carbocycles. The molecule has 10 nitrogen and oxygen atoms in total. The second kappa shape index (κ2) is 7.31. The molecule has 4 aromatic heterocycles. The third-order valence-electron chi connectivity index (χ3n) is 4.82. The van der Waals surface area contributed by atoms with Crippen LogP contribution in [0.2, 0.25) is 0 Å². The number of nitriles is 1. The fourth-order valence-corrected chi connectivity index (χ4v) is 3.46. The van der Waals surface area contributed by atoms with E-state index in [0.29, 0.717) is 45.7 Å². The van der Waals surface area contributed by atoms with Gasteiger partial charge in [0.05, 0.1) is 34.3 Å². The minimum absolute atomic E-state index is 0.225. The van der Waals surface area contributed by atoms with E-state index in [1.807, 2.05) is 31.4 Å². The van der Waals surface area contributed by atoms with E-state index in [4.69, 9.17) is 5.73 Å². The Hall–Kier alpha value is -4.65. The Kier molecular flexibility index (Phi) is 4.33. The number of fused-ring (bicyclic) bond motifs is 1. The van der Waals surface area contributed by atoms with Crippen LogP contribution in [0.25, 0.3) is 33.5 Å². The summed E-state index contributed by atoms with van der Waals surface area (Å²) in [5.41, 5.74) is 11.0. The zero-order valence-electron chi connectivity index (χ0n) is 16.5. The molecule has 0 aliphatic carbocycles. The van der Waals surface area contributed by atoms with Crippen LogP contribution in [0.15, 0.2) is 55.1 Å². The van der Waals surface area contributed by atoms with Crippen LogP contribution in [0.1, 0.15) is 11.3 Å². The van der Waals surface area contributed by atoms with Crippen LogP contribution in [0.5, 0.6) is 0 Å². The van der Waals surface area contributed by atoms with E-state index < -0.39 is 0 Å². The minimum Gasteiger partial charge on any atom is -0.382 e. The summed E-state index contributed by atoms with van der Waals surface area (Å²) < 4.78 is 1.72. The maximum atomic E-state index is 9.62. The summed E-state index contributed by atoms with van der Waals surface area (Å²) in [6.45, 7) is 0.377. The first-order valence-electron chi connectivity index (χ1n) is 9.43. The van der Waals surface area contributed by atoms with Crippen LogP contribution in [0.4, 0.5) is 5.82 Å². The van der Waals surface area contributed by atoms with Crippen molar-refractivity contribution in [1.82, 2.24) is 39.7 Å². The van der Waals surface area contributed by atoms with Gasteiger partial charge in [0.25, 0.3) is 0 Å². The summed E-state index contributed by atoms with van der Waals surface area (Å²) in [5, 5.41) is 23.2. The summed E-state index contributed by atoms with van der Waals surface area (Å²) in [5.74, 6) is 0.225. The maximum Gasteiger partial charge on any atom is 0.156 e. The average Bonchev–Trinajstić information content (AvgIpc) is 3.40. The molecule has 5 aromatic rings. The monoisotopic (exact) mass is 408 g/mol. The highest BCUT2D eigenvalue weighted by molar-refractivity contribution is 6.02. The molecule has 31 heavy (non-hydrogen) atoms. The first kappa shape index (κ1) is 18.4. The molecule has 0 aliphatic heterocycles. The van der Waals surface area contributed by atoms with Crippen molar-refractivity contribution in [3.8, 4) is 28.6 Å². The number of nitrogens with two attached hydrogens (primary N) is 1. The number of aryl methyl sites for hydroxylation is 1. The lowest BCUT2D eigenvalue weighted by Crippen LogP contribution is -2.05. The number of hydrogen-bond acceptors (Lipinski definition) is 8. The summed E-state index contributed by atoms with van der Waals surface area (Å²) in [6, 6.07) is 13.1. The summed E-state index contributed by atoms with van der Waals surface area (Å²) in [7, 11) is 1.85. The number of anilines is 1. The molecule has 0 saturated heterocycles. The predicted molar refractivity (Wildman–Crippen MR) is 113 cm³/mol. The molecule has 0 radical (unpaired) electrons. The molecule has 5 rings (SSSR count). The van der Waals surface area contributed by atoms with Gasteiger partial charge < -0.3 is 5.73 Å². The van der Waals surface area contributed by atoms with Crippen LogP contribution in [0.3, 0.4) is 0 Å². The van der Waals surface area contributed by atoms with Crippen molar-refractivity contribution in [2.45, 2.75) is 6.54 Å². The van der Waals surface area contributed by atoms with Gasteiger partial charge in [-0.15, -0.1) is 5.10 Å². The second-order valence-electron chi connectivity index (χ2n) is 6.88. The van der Waals surface area contributed by atoms with Crippen LogP contribution in [-0.2, 0) is 13.6 Å².